The molecule has 1 fully saturated rings. The quantitative estimate of drug-likeness (QED) is 0.859. The van der Waals surface area contributed by atoms with Crippen molar-refractivity contribution in [2.24, 2.45) is 0 Å². The van der Waals surface area contributed by atoms with Crippen LogP contribution in [0.2, 0.25) is 5.02 Å². The van der Waals surface area contributed by atoms with Crippen LogP contribution in [0.1, 0.15) is 12.0 Å². The number of hydrogen-bond acceptors (Lipinski definition) is 3. The number of halogens is 2. The highest BCUT2D eigenvalue weighted by Gasteiger charge is 2.44. The summed E-state index contributed by atoms with van der Waals surface area (Å²) in [6.45, 7) is 1.94. The van der Waals surface area contributed by atoms with E-state index in [4.69, 9.17) is 11.6 Å². The fourth-order valence-corrected chi connectivity index (χ4v) is 3.51. The normalized spacial score (nSPS) is 20.4. The van der Waals surface area contributed by atoms with Gasteiger partial charge in [-0.1, -0.05) is 35.9 Å². The lowest BCUT2D eigenvalue weighted by Gasteiger charge is -2.30. The van der Waals surface area contributed by atoms with Gasteiger partial charge in [-0.15, -0.1) is 0 Å². The van der Waals surface area contributed by atoms with Gasteiger partial charge < -0.3 is 10.6 Å². The van der Waals surface area contributed by atoms with Crippen LogP contribution in [0.5, 0.6) is 0 Å². The van der Waals surface area contributed by atoms with Crippen molar-refractivity contribution in [3.05, 3.63) is 64.9 Å². The number of carbonyl (C=O) groups excluding carboxylic acids is 1. The highest BCUT2D eigenvalue weighted by molar-refractivity contribution is 6.31. The first-order valence-electron chi connectivity index (χ1n) is 8.24. The topological polar surface area (TPSA) is 44.4 Å². The second-order valence-corrected chi connectivity index (χ2v) is 6.76. The SMILES string of the molecule is CNC(=O)C1(Nc2cccc(F)c2)CCN(Cc2ccccc2Cl)C1. The number of rotatable bonds is 5. The molecule has 1 aliphatic heterocycles. The van der Waals surface area contributed by atoms with E-state index in [-0.39, 0.29) is 11.7 Å². The fourth-order valence-electron chi connectivity index (χ4n) is 3.32. The van der Waals surface area contributed by atoms with Gasteiger partial charge in [-0.2, -0.15) is 0 Å². The zero-order valence-electron chi connectivity index (χ0n) is 14.1. The number of benzene rings is 2. The molecule has 1 aliphatic rings. The van der Waals surface area contributed by atoms with E-state index in [0.29, 0.717) is 25.2 Å². The van der Waals surface area contributed by atoms with Crippen LogP contribution in [0.3, 0.4) is 0 Å². The first-order valence-corrected chi connectivity index (χ1v) is 8.62. The first-order chi connectivity index (χ1) is 12.0. The van der Waals surface area contributed by atoms with Crippen molar-refractivity contribution in [1.29, 1.82) is 0 Å². The predicted molar refractivity (Wildman–Crippen MR) is 98.2 cm³/mol. The number of anilines is 1. The summed E-state index contributed by atoms with van der Waals surface area (Å²) in [6.07, 6.45) is 0.633. The van der Waals surface area contributed by atoms with Gasteiger partial charge in [-0.05, 0) is 36.2 Å². The molecule has 25 heavy (non-hydrogen) atoms. The monoisotopic (exact) mass is 361 g/mol. The first kappa shape index (κ1) is 17.7. The van der Waals surface area contributed by atoms with E-state index in [9.17, 15) is 9.18 Å². The molecule has 2 aromatic rings. The molecule has 4 nitrogen and oxygen atoms in total. The second-order valence-electron chi connectivity index (χ2n) is 6.35. The molecule has 0 bridgehead atoms. The maximum absolute atomic E-state index is 13.5. The average molecular weight is 362 g/mol. The molecule has 0 spiro atoms. The predicted octanol–water partition coefficient (Wildman–Crippen LogP) is 3.28. The Morgan fingerprint density at radius 1 is 1.28 bits per heavy atom. The van der Waals surface area contributed by atoms with Gasteiger partial charge in [0, 0.05) is 37.4 Å². The third-order valence-corrected chi connectivity index (χ3v) is 4.94. The van der Waals surface area contributed by atoms with Crippen LogP contribution in [0.4, 0.5) is 10.1 Å². The molecule has 1 heterocycles. The van der Waals surface area contributed by atoms with Crippen LogP contribution < -0.4 is 10.6 Å². The minimum atomic E-state index is -0.788. The van der Waals surface area contributed by atoms with Crippen molar-refractivity contribution in [1.82, 2.24) is 10.2 Å². The summed E-state index contributed by atoms with van der Waals surface area (Å²) < 4.78 is 13.5. The van der Waals surface area contributed by atoms with E-state index in [1.807, 2.05) is 24.3 Å². The van der Waals surface area contributed by atoms with Crippen LogP contribution in [-0.4, -0.2) is 36.5 Å². The van der Waals surface area contributed by atoms with E-state index in [0.717, 1.165) is 17.1 Å². The Bertz CT molecular complexity index is 770. The molecule has 1 atom stereocenters. The molecule has 0 saturated carbocycles. The lowest BCUT2D eigenvalue weighted by molar-refractivity contribution is -0.124. The van der Waals surface area contributed by atoms with E-state index >= 15 is 0 Å². The minimum Gasteiger partial charge on any atom is -0.370 e. The molecular weight excluding hydrogens is 341 g/mol. The van der Waals surface area contributed by atoms with Gasteiger partial charge in [0.1, 0.15) is 11.4 Å². The third-order valence-electron chi connectivity index (χ3n) is 4.57. The van der Waals surface area contributed by atoms with Crippen molar-refractivity contribution < 1.29 is 9.18 Å². The largest absolute Gasteiger partial charge is 0.370 e. The molecule has 0 aromatic heterocycles. The lowest BCUT2D eigenvalue weighted by atomic mass is 9.96. The number of amides is 1. The van der Waals surface area contributed by atoms with E-state index in [1.165, 1.54) is 12.1 Å². The summed E-state index contributed by atoms with van der Waals surface area (Å²) in [5, 5.41) is 6.70. The summed E-state index contributed by atoms with van der Waals surface area (Å²) in [4.78, 5) is 14.8. The molecule has 6 heteroatoms. The highest BCUT2D eigenvalue weighted by Crippen LogP contribution is 2.29. The van der Waals surface area contributed by atoms with Crippen LogP contribution in [0, 0.1) is 5.82 Å². The molecular formula is C19H21ClFN3O. The Balaban J connectivity index is 1.78. The van der Waals surface area contributed by atoms with Crippen LogP contribution in [0.25, 0.3) is 0 Å². The summed E-state index contributed by atoms with van der Waals surface area (Å²) in [5.41, 5.74) is 0.842. The van der Waals surface area contributed by atoms with Crippen molar-refractivity contribution in [2.45, 2.75) is 18.5 Å². The van der Waals surface area contributed by atoms with Crippen LogP contribution in [-0.2, 0) is 11.3 Å². The van der Waals surface area contributed by atoms with E-state index < -0.39 is 5.54 Å². The van der Waals surface area contributed by atoms with Gasteiger partial charge in [0.05, 0.1) is 0 Å². The Morgan fingerprint density at radius 2 is 2.08 bits per heavy atom. The second kappa shape index (κ2) is 7.42. The number of hydrogen-bond donors (Lipinski definition) is 2. The van der Waals surface area contributed by atoms with Crippen molar-refractivity contribution in [2.75, 3.05) is 25.5 Å². The number of likely N-dealkylation sites (tertiary alicyclic amines) is 1. The molecule has 1 unspecified atom stereocenters. The lowest BCUT2D eigenvalue weighted by Crippen LogP contribution is -2.53. The van der Waals surface area contributed by atoms with Crippen molar-refractivity contribution >= 4 is 23.2 Å². The third kappa shape index (κ3) is 3.94. The molecule has 132 valence electrons. The molecule has 2 aromatic carbocycles. The van der Waals surface area contributed by atoms with E-state index in [1.54, 1.807) is 19.2 Å². The summed E-state index contributed by atoms with van der Waals surface area (Å²) in [7, 11) is 1.62. The zero-order chi connectivity index (χ0) is 17.9. The van der Waals surface area contributed by atoms with Crippen molar-refractivity contribution in [3.8, 4) is 0 Å². The van der Waals surface area contributed by atoms with Crippen LogP contribution >= 0.6 is 11.6 Å². The summed E-state index contributed by atoms with van der Waals surface area (Å²) in [5.74, 6) is -0.429. The van der Waals surface area contributed by atoms with E-state index in [2.05, 4.69) is 15.5 Å². The molecule has 1 amide bonds. The molecule has 1 saturated heterocycles. The maximum atomic E-state index is 13.5. The molecule has 0 aliphatic carbocycles. The van der Waals surface area contributed by atoms with Gasteiger partial charge in [-0.25, -0.2) is 4.39 Å². The molecule has 0 radical (unpaired) electrons. The minimum absolute atomic E-state index is 0.0987. The number of nitrogens with one attached hydrogen (secondary N) is 2. The average Bonchev–Trinajstić information content (AvgIpc) is 3.00. The maximum Gasteiger partial charge on any atom is 0.246 e. The van der Waals surface area contributed by atoms with Gasteiger partial charge >= 0.3 is 0 Å². The summed E-state index contributed by atoms with van der Waals surface area (Å²) in [6, 6.07) is 13.9. The molecule has 3 rings (SSSR count). The van der Waals surface area contributed by atoms with Gasteiger partial charge in [-0.3, -0.25) is 9.69 Å². The highest BCUT2D eigenvalue weighted by atomic mass is 35.5. The fraction of sp³-hybridized carbons (Fsp3) is 0.316. The Hall–Kier alpha value is -2.11. The number of carbonyl (C=O) groups is 1. The smallest absolute Gasteiger partial charge is 0.246 e. The zero-order valence-corrected chi connectivity index (χ0v) is 14.8. The van der Waals surface area contributed by atoms with Gasteiger partial charge in [0.25, 0.3) is 0 Å². The number of likely N-dealkylation sites (N-methyl/N-ethyl adjacent to an activating group) is 1. The van der Waals surface area contributed by atoms with Crippen LogP contribution in [0.15, 0.2) is 48.5 Å². The Kier molecular flexibility index (Phi) is 5.25. The van der Waals surface area contributed by atoms with Crippen molar-refractivity contribution in [3.63, 3.8) is 0 Å². The standard InChI is InChI=1S/C19H21ClFN3O/c1-22-18(25)19(23-16-7-4-6-15(21)11-16)9-10-24(13-19)12-14-5-2-3-8-17(14)20/h2-8,11,23H,9-10,12-13H2,1H3,(H,22,25). The number of nitrogens with zero attached hydrogens (tertiary/aromatic N) is 1. The Morgan fingerprint density at radius 3 is 2.80 bits per heavy atom. The summed E-state index contributed by atoms with van der Waals surface area (Å²) >= 11 is 6.25. The van der Waals surface area contributed by atoms with Gasteiger partial charge in [0.15, 0.2) is 0 Å². The molecule has 2 N–H and O–H groups in total. The van der Waals surface area contributed by atoms with Gasteiger partial charge in [0.2, 0.25) is 5.91 Å². The Labute approximate surface area is 152 Å².